The van der Waals surface area contributed by atoms with Crippen LogP contribution in [0.1, 0.15) is 25.8 Å². The molecule has 0 unspecified atom stereocenters. The van der Waals surface area contributed by atoms with E-state index in [1.54, 1.807) is 13.0 Å². The van der Waals surface area contributed by atoms with Gasteiger partial charge in [0.2, 0.25) is 11.8 Å². The minimum absolute atomic E-state index is 0.0197. The van der Waals surface area contributed by atoms with Crippen LogP contribution >= 0.6 is 0 Å². The molecule has 0 fully saturated rings. The van der Waals surface area contributed by atoms with Gasteiger partial charge in [0.15, 0.2) is 0 Å². The Morgan fingerprint density at radius 3 is 2.50 bits per heavy atom. The number of carboxylic acids is 1. The first-order valence-electron chi connectivity index (χ1n) is 8.61. The molecule has 0 bridgehead atoms. The molecule has 2 atom stereocenters. The quantitative estimate of drug-likeness (QED) is 0.401. The summed E-state index contributed by atoms with van der Waals surface area (Å²) in [4.78, 5) is 46.5. The molecule has 2 amide bonds. The van der Waals surface area contributed by atoms with E-state index in [0.717, 1.165) is 6.08 Å². The maximum absolute atomic E-state index is 13.3. The predicted molar refractivity (Wildman–Crippen MR) is 97.7 cm³/mol. The number of rotatable bonds is 10. The minimum atomic E-state index is -1.32. The lowest BCUT2D eigenvalue weighted by atomic mass is 10.0. The van der Waals surface area contributed by atoms with Gasteiger partial charge in [-0.15, -0.1) is 0 Å². The summed E-state index contributed by atoms with van der Waals surface area (Å²) in [5, 5.41) is 14.0. The van der Waals surface area contributed by atoms with Crippen LogP contribution < -0.4 is 10.6 Å². The molecule has 1 aromatic rings. The maximum Gasteiger partial charge on any atom is 0.330 e. The van der Waals surface area contributed by atoms with E-state index < -0.39 is 41.7 Å². The summed E-state index contributed by atoms with van der Waals surface area (Å²) in [6, 6.07) is 3.11. The number of carbonyl (C=O) groups excluding carboxylic acids is 3. The van der Waals surface area contributed by atoms with Crippen LogP contribution in [-0.2, 0) is 30.3 Å². The number of hydrogen-bond donors (Lipinski definition) is 3. The highest BCUT2D eigenvalue weighted by Crippen LogP contribution is 2.08. The zero-order chi connectivity index (χ0) is 21.1. The standard InChI is InChI=1S/C19H23FN2O6/c1-3-28-17(24)9-5-8-15(19(26)27)22-18(25)16(21-12(2)23)11-13-6-4-7-14(20)10-13/h4-7,9-10,15-16H,3,8,11H2,1-2H3,(H,21,23)(H,22,25)(H,26,27)/b9-5+/t15-,16-/m1/s1. The number of amides is 2. The molecule has 0 aliphatic heterocycles. The van der Waals surface area contributed by atoms with Crippen LogP contribution in [0.15, 0.2) is 36.4 Å². The Balaban J connectivity index is 2.83. The van der Waals surface area contributed by atoms with Crippen molar-refractivity contribution in [2.75, 3.05) is 6.61 Å². The first-order valence-corrected chi connectivity index (χ1v) is 8.61. The van der Waals surface area contributed by atoms with Crippen LogP contribution in [-0.4, -0.2) is 47.6 Å². The van der Waals surface area contributed by atoms with Gasteiger partial charge in [0.1, 0.15) is 17.9 Å². The van der Waals surface area contributed by atoms with Gasteiger partial charge in [0.25, 0.3) is 0 Å². The number of hydrogen-bond acceptors (Lipinski definition) is 5. The van der Waals surface area contributed by atoms with Crippen molar-refractivity contribution in [1.82, 2.24) is 10.6 Å². The second-order valence-electron chi connectivity index (χ2n) is 5.88. The van der Waals surface area contributed by atoms with E-state index >= 15 is 0 Å². The van der Waals surface area contributed by atoms with Gasteiger partial charge in [-0.05, 0) is 31.0 Å². The van der Waals surface area contributed by atoms with Crippen LogP contribution in [0.4, 0.5) is 4.39 Å². The molecule has 3 N–H and O–H groups in total. The molecule has 0 spiro atoms. The molecule has 0 saturated carbocycles. The van der Waals surface area contributed by atoms with Crippen LogP contribution in [0.2, 0.25) is 0 Å². The summed E-state index contributed by atoms with van der Waals surface area (Å²) >= 11 is 0. The molecule has 0 aliphatic carbocycles. The van der Waals surface area contributed by atoms with E-state index in [0.29, 0.717) is 5.56 Å². The predicted octanol–water partition coefficient (Wildman–Crippen LogP) is 0.952. The highest BCUT2D eigenvalue weighted by molar-refractivity contribution is 5.90. The number of esters is 1. The first kappa shape index (κ1) is 22.8. The third kappa shape index (κ3) is 8.43. The zero-order valence-corrected chi connectivity index (χ0v) is 15.6. The van der Waals surface area contributed by atoms with Crippen molar-refractivity contribution in [3.8, 4) is 0 Å². The second-order valence-corrected chi connectivity index (χ2v) is 5.88. The number of nitrogens with one attached hydrogen (secondary N) is 2. The fraction of sp³-hybridized carbons (Fsp3) is 0.368. The van der Waals surface area contributed by atoms with Gasteiger partial charge < -0.3 is 20.5 Å². The number of ether oxygens (including phenoxy) is 1. The van der Waals surface area contributed by atoms with Crippen LogP contribution in [0.3, 0.4) is 0 Å². The normalized spacial score (nSPS) is 12.8. The number of aliphatic carboxylic acids is 1. The van der Waals surface area contributed by atoms with Gasteiger partial charge in [0.05, 0.1) is 6.61 Å². The highest BCUT2D eigenvalue weighted by atomic mass is 19.1. The van der Waals surface area contributed by atoms with E-state index in [-0.39, 0.29) is 19.4 Å². The SMILES string of the molecule is CCOC(=O)/C=C/C[C@@H](NC(=O)[C@@H](Cc1cccc(F)c1)NC(C)=O)C(=O)O. The van der Waals surface area contributed by atoms with Gasteiger partial charge in [-0.3, -0.25) is 9.59 Å². The van der Waals surface area contributed by atoms with Crippen LogP contribution in [0.5, 0.6) is 0 Å². The zero-order valence-electron chi connectivity index (χ0n) is 15.6. The van der Waals surface area contributed by atoms with Crippen molar-refractivity contribution in [1.29, 1.82) is 0 Å². The van der Waals surface area contributed by atoms with Crippen LogP contribution in [0.25, 0.3) is 0 Å². The highest BCUT2D eigenvalue weighted by Gasteiger charge is 2.25. The molecule has 152 valence electrons. The van der Waals surface area contributed by atoms with E-state index in [1.807, 2.05) is 0 Å². The summed E-state index contributed by atoms with van der Waals surface area (Å²) < 4.78 is 18.0. The lowest BCUT2D eigenvalue weighted by Crippen LogP contribution is -2.52. The largest absolute Gasteiger partial charge is 0.480 e. The molecular weight excluding hydrogens is 371 g/mol. The summed E-state index contributed by atoms with van der Waals surface area (Å²) in [6.07, 6.45) is 2.17. The molecule has 0 aromatic heterocycles. The monoisotopic (exact) mass is 394 g/mol. The smallest absolute Gasteiger partial charge is 0.330 e. The summed E-state index contributed by atoms with van der Waals surface area (Å²) in [5.41, 5.74) is 0.461. The Labute approximate surface area is 161 Å². The average Bonchev–Trinajstić information content (AvgIpc) is 2.60. The van der Waals surface area contributed by atoms with Gasteiger partial charge >= 0.3 is 11.9 Å². The topological polar surface area (TPSA) is 122 Å². The van der Waals surface area contributed by atoms with Crippen molar-refractivity contribution < 1.29 is 33.4 Å². The van der Waals surface area contributed by atoms with Gasteiger partial charge in [-0.25, -0.2) is 14.0 Å². The molecule has 1 aromatic carbocycles. The molecular formula is C19H23FN2O6. The molecule has 0 heterocycles. The third-order valence-corrected chi connectivity index (χ3v) is 3.55. The molecule has 8 nitrogen and oxygen atoms in total. The van der Waals surface area contributed by atoms with Gasteiger partial charge in [-0.2, -0.15) is 0 Å². The molecule has 1 rings (SSSR count). The van der Waals surface area contributed by atoms with E-state index in [4.69, 9.17) is 0 Å². The fourth-order valence-electron chi connectivity index (χ4n) is 2.34. The Bertz CT molecular complexity index is 750. The summed E-state index contributed by atoms with van der Waals surface area (Å²) in [6.45, 7) is 3.02. The van der Waals surface area contributed by atoms with Crippen molar-refractivity contribution in [3.05, 3.63) is 47.8 Å². The van der Waals surface area contributed by atoms with Crippen molar-refractivity contribution in [3.63, 3.8) is 0 Å². The maximum atomic E-state index is 13.3. The molecule has 28 heavy (non-hydrogen) atoms. The van der Waals surface area contributed by atoms with Crippen molar-refractivity contribution in [2.24, 2.45) is 0 Å². The number of benzene rings is 1. The van der Waals surface area contributed by atoms with Crippen molar-refractivity contribution in [2.45, 2.75) is 38.8 Å². The summed E-state index contributed by atoms with van der Waals surface area (Å²) in [7, 11) is 0. The lowest BCUT2D eigenvalue weighted by Gasteiger charge is -2.20. The van der Waals surface area contributed by atoms with Crippen molar-refractivity contribution >= 4 is 23.8 Å². The second kappa shape index (κ2) is 11.5. The number of carboxylic acid groups (broad SMARTS) is 1. The fourth-order valence-corrected chi connectivity index (χ4v) is 2.34. The third-order valence-electron chi connectivity index (χ3n) is 3.55. The molecule has 9 heteroatoms. The van der Waals surface area contributed by atoms with Crippen LogP contribution in [0, 0.1) is 5.82 Å². The average molecular weight is 394 g/mol. The Morgan fingerprint density at radius 2 is 1.93 bits per heavy atom. The molecule has 0 aliphatic rings. The Morgan fingerprint density at radius 1 is 1.21 bits per heavy atom. The number of halogens is 1. The van der Waals surface area contributed by atoms with E-state index in [9.17, 15) is 28.7 Å². The van der Waals surface area contributed by atoms with E-state index in [2.05, 4.69) is 15.4 Å². The van der Waals surface area contributed by atoms with E-state index in [1.165, 1.54) is 31.2 Å². The lowest BCUT2D eigenvalue weighted by molar-refractivity contribution is -0.142. The molecule has 0 radical (unpaired) electrons. The summed E-state index contributed by atoms with van der Waals surface area (Å²) in [5.74, 6) is -3.66. The molecule has 0 saturated heterocycles. The number of carbonyl (C=O) groups is 4. The minimum Gasteiger partial charge on any atom is -0.480 e. The van der Waals surface area contributed by atoms with Gasteiger partial charge in [-0.1, -0.05) is 18.2 Å². The van der Waals surface area contributed by atoms with Gasteiger partial charge in [0, 0.05) is 19.4 Å². The Hall–Kier alpha value is -3.23. The Kier molecular flexibility index (Phi) is 9.35. The first-order chi connectivity index (χ1) is 13.2.